The second kappa shape index (κ2) is 9.11. The molecule has 0 aliphatic carbocycles. The number of nitrogens with one attached hydrogen (secondary N) is 1. The Morgan fingerprint density at radius 2 is 1.79 bits per heavy atom. The fourth-order valence-corrected chi connectivity index (χ4v) is 6.04. The molecule has 2 fully saturated rings. The van der Waals surface area contributed by atoms with Crippen LogP contribution in [0.3, 0.4) is 0 Å². The average molecular weight is 428 g/mol. The molecule has 3 rings (SSSR count). The van der Waals surface area contributed by atoms with Crippen LogP contribution in [-0.2, 0) is 14.8 Å². The van der Waals surface area contributed by atoms with E-state index in [2.05, 4.69) is 24.1 Å². The molecule has 28 heavy (non-hydrogen) atoms. The molecule has 1 aromatic carbocycles. The van der Waals surface area contributed by atoms with Crippen molar-refractivity contribution in [1.29, 1.82) is 0 Å². The number of sulfonamides is 1. The van der Waals surface area contributed by atoms with Gasteiger partial charge in [-0.1, -0.05) is 31.9 Å². The molecule has 0 bridgehead atoms. The highest BCUT2D eigenvalue weighted by molar-refractivity contribution is 7.89. The second-order valence-electron chi connectivity index (χ2n) is 8.29. The Kier molecular flexibility index (Phi) is 7.02. The average Bonchev–Trinajstić information content (AvgIpc) is 2.63. The molecule has 2 saturated heterocycles. The molecule has 156 valence electrons. The Hall–Kier alpha value is -1.15. The van der Waals surface area contributed by atoms with Crippen molar-refractivity contribution >= 4 is 33.2 Å². The molecule has 1 aromatic rings. The molecule has 2 atom stereocenters. The highest BCUT2D eigenvalue weighted by atomic mass is 35.5. The molecule has 1 amide bonds. The van der Waals surface area contributed by atoms with E-state index in [1.807, 2.05) is 0 Å². The van der Waals surface area contributed by atoms with Gasteiger partial charge in [0.05, 0.1) is 22.2 Å². The number of carbonyl (C=O) groups is 1. The fourth-order valence-electron chi connectivity index (χ4n) is 4.33. The summed E-state index contributed by atoms with van der Waals surface area (Å²) in [6, 6.07) is 4.53. The van der Waals surface area contributed by atoms with E-state index in [0.29, 0.717) is 35.6 Å². The molecule has 2 heterocycles. The van der Waals surface area contributed by atoms with Gasteiger partial charge >= 0.3 is 0 Å². The molecular formula is C20H30ClN3O3S. The van der Waals surface area contributed by atoms with E-state index in [1.54, 1.807) is 6.07 Å². The SMILES string of the molecule is C[C@@H]1C[C@H](C)CN(CC(=O)Nc2cc(S(=O)(=O)N3CCCCC3)ccc2Cl)C1. The van der Waals surface area contributed by atoms with Gasteiger partial charge < -0.3 is 5.32 Å². The zero-order valence-electron chi connectivity index (χ0n) is 16.7. The summed E-state index contributed by atoms with van der Waals surface area (Å²) in [7, 11) is -3.57. The van der Waals surface area contributed by atoms with Crippen molar-refractivity contribution in [3.63, 3.8) is 0 Å². The zero-order chi connectivity index (χ0) is 20.3. The lowest BCUT2D eigenvalue weighted by Crippen LogP contribution is -2.42. The third-order valence-corrected chi connectivity index (χ3v) is 7.70. The predicted octanol–water partition coefficient (Wildman–Crippen LogP) is 3.43. The summed E-state index contributed by atoms with van der Waals surface area (Å²) in [4.78, 5) is 14.9. The van der Waals surface area contributed by atoms with Gasteiger partial charge in [-0.3, -0.25) is 9.69 Å². The van der Waals surface area contributed by atoms with E-state index in [0.717, 1.165) is 32.4 Å². The van der Waals surface area contributed by atoms with Crippen LogP contribution in [0.5, 0.6) is 0 Å². The van der Waals surface area contributed by atoms with Gasteiger partial charge in [-0.2, -0.15) is 4.31 Å². The molecule has 2 aliphatic heterocycles. The first-order valence-electron chi connectivity index (χ1n) is 10.1. The standard InChI is InChI=1S/C20H30ClN3O3S/c1-15-10-16(2)13-23(12-15)14-20(25)22-19-11-17(6-7-18(19)21)28(26,27)24-8-4-3-5-9-24/h6-7,11,15-16H,3-5,8-10,12-14H2,1-2H3,(H,22,25)/t15-,16+. The minimum absolute atomic E-state index is 0.171. The summed E-state index contributed by atoms with van der Waals surface area (Å²) < 4.78 is 27.3. The number of piperidine rings is 2. The predicted molar refractivity (Wildman–Crippen MR) is 112 cm³/mol. The highest BCUT2D eigenvalue weighted by Gasteiger charge is 2.27. The van der Waals surface area contributed by atoms with Crippen molar-refractivity contribution in [3.05, 3.63) is 23.2 Å². The van der Waals surface area contributed by atoms with E-state index < -0.39 is 10.0 Å². The molecule has 0 aromatic heterocycles. The smallest absolute Gasteiger partial charge is 0.243 e. The number of likely N-dealkylation sites (tertiary alicyclic amines) is 1. The topological polar surface area (TPSA) is 69.7 Å². The Balaban J connectivity index is 1.70. The van der Waals surface area contributed by atoms with Crippen LogP contribution in [0.25, 0.3) is 0 Å². The van der Waals surface area contributed by atoms with E-state index in [1.165, 1.54) is 22.9 Å². The van der Waals surface area contributed by atoms with Crippen LogP contribution >= 0.6 is 11.6 Å². The number of hydrogen-bond acceptors (Lipinski definition) is 4. The molecular weight excluding hydrogens is 398 g/mol. The summed E-state index contributed by atoms with van der Waals surface area (Å²) in [6.07, 6.45) is 3.99. The van der Waals surface area contributed by atoms with Gasteiger partial charge in [0, 0.05) is 26.2 Å². The van der Waals surface area contributed by atoms with Crippen molar-refractivity contribution in [2.24, 2.45) is 11.8 Å². The van der Waals surface area contributed by atoms with Gasteiger partial charge in [0.2, 0.25) is 15.9 Å². The maximum Gasteiger partial charge on any atom is 0.243 e. The van der Waals surface area contributed by atoms with Crippen LogP contribution in [0, 0.1) is 11.8 Å². The molecule has 0 saturated carbocycles. The number of hydrogen-bond donors (Lipinski definition) is 1. The lowest BCUT2D eigenvalue weighted by molar-refractivity contribution is -0.117. The number of halogens is 1. The van der Waals surface area contributed by atoms with Gasteiger partial charge in [-0.05, 0) is 49.3 Å². The first-order chi connectivity index (χ1) is 13.3. The summed E-state index contributed by atoms with van der Waals surface area (Å²) >= 11 is 6.23. The largest absolute Gasteiger partial charge is 0.324 e. The van der Waals surface area contributed by atoms with Crippen molar-refractivity contribution < 1.29 is 13.2 Å². The first kappa shape index (κ1) is 21.6. The number of nitrogens with zero attached hydrogens (tertiary/aromatic N) is 2. The number of carbonyl (C=O) groups excluding carboxylic acids is 1. The minimum Gasteiger partial charge on any atom is -0.324 e. The van der Waals surface area contributed by atoms with Crippen LogP contribution < -0.4 is 5.32 Å². The van der Waals surface area contributed by atoms with Crippen LogP contribution in [0.1, 0.15) is 39.5 Å². The molecule has 0 radical (unpaired) electrons. The third-order valence-electron chi connectivity index (χ3n) is 5.48. The lowest BCUT2D eigenvalue weighted by Gasteiger charge is -2.34. The quantitative estimate of drug-likeness (QED) is 0.781. The molecule has 8 heteroatoms. The number of benzene rings is 1. The third kappa shape index (κ3) is 5.26. The summed E-state index contributed by atoms with van der Waals surface area (Å²) in [5, 5.41) is 3.15. The fraction of sp³-hybridized carbons (Fsp3) is 0.650. The lowest BCUT2D eigenvalue weighted by atomic mass is 9.92. The molecule has 0 spiro atoms. The number of anilines is 1. The molecule has 0 unspecified atom stereocenters. The van der Waals surface area contributed by atoms with Crippen molar-refractivity contribution in [2.45, 2.75) is 44.4 Å². The zero-order valence-corrected chi connectivity index (χ0v) is 18.2. The van der Waals surface area contributed by atoms with Gasteiger partial charge in [0.15, 0.2) is 0 Å². The Morgan fingerprint density at radius 1 is 1.14 bits per heavy atom. The minimum atomic E-state index is -3.57. The van der Waals surface area contributed by atoms with Crippen LogP contribution in [-0.4, -0.2) is 56.3 Å². The first-order valence-corrected chi connectivity index (χ1v) is 11.9. The Labute approximate surface area is 173 Å². The summed E-state index contributed by atoms with van der Waals surface area (Å²) in [6.45, 7) is 7.56. The second-order valence-corrected chi connectivity index (χ2v) is 10.6. The maximum absolute atomic E-state index is 12.9. The van der Waals surface area contributed by atoms with Gasteiger partial charge in [-0.25, -0.2) is 8.42 Å². The molecule has 2 aliphatic rings. The normalized spacial score (nSPS) is 24.8. The highest BCUT2D eigenvalue weighted by Crippen LogP contribution is 2.28. The van der Waals surface area contributed by atoms with Crippen molar-refractivity contribution in [1.82, 2.24) is 9.21 Å². The Bertz CT molecular complexity index is 799. The summed E-state index contributed by atoms with van der Waals surface area (Å²) in [5.41, 5.74) is 0.350. The van der Waals surface area contributed by atoms with E-state index in [-0.39, 0.29) is 17.3 Å². The van der Waals surface area contributed by atoms with Crippen LogP contribution in [0.4, 0.5) is 5.69 Å². The van der Waals surface area contributed by atoms with Crippen LogP contribution in [0.15, 0.2) is 23.1 Å². The van der Waals surface area contributed by atoms with Crippen LogP contribution in [0.2, 0.25) is 5.02 Å². The molecule has 6 nitrogen and oxygen atoms in total. The van der Waals surface area contributed by atoms with Crippen molar-refractivity contribution in [2.75, 3.05) is 38.0 Å². The maximum atomic E-state index is 12.9. The van der Waals surface area contributed by atoms with E-state index in [4.69, 9.17) is 11.6 Å². The van der Waals surface area contributed by atoms with E-state index >= 15 is 0 Å². The number of rotatable bonds is 5. The van der Waals surface area contributed by atoms with E-state index in [9.17, 15) is 13.2 Å². The monoisotopic (exact) mass is 427 g/mol. The van der Waals surface area contributed by atoms with Gasteiger partial charge in [0.1, 0.15) is 0 Å². The Morgan fingerprint density at radius 3 is 2.43 bits per heavy atom. The summed E-state index contributed by atoms with van der Waals surface area (Å²) in [5.74, 6) is 0.965. The molecule has 1 N–H and O–H groups in total. The van der Waals surface area contributed by atoms with Gasteiger partial charge in [-0.15, -0.1) is 0 Å². The van der Waals surface area contributed by atoms with Gasteiger partial charge in [0.25, 0.3) is 0 Å². The number of amides is 1. The van der Waals surface area contributed by atoms with Crippen molar-refractivity contribution in [3.8, 4) is 0 Å².